The van der Waals surface area contributed by atoms with E-state index in [1.165, 1.54) is 22.5 Å². The van der Waals surface area contributed by atoms with Crippen LogP contribution in [0.5, 0.6) is 0 Å². The van der Waals surface area contributed by atoms with Crippen LogP contribution in [0.2, 0.25) is 5.02 Å². The lowest BCUT2D eigenvalue weighted by Gasteiger charge is -2.29. The standard InChI is InChI=1S/C19H17ClFN3O3S/c20-15-7-5-14(6-8-15)19-22-18(23-27-19)13-9-11-24(12-10-13)28(25,26)17-4-2-1-3-16(17)21/h1-8,13H,9-12H2. The van der Waals surface area contributed by atoms with Crippen molar-refractivity contribution in [3.8, 4) is 11.5 Å². The molecular weight excluding hydrogens is 405 g/mol. The molecule has 0 radical (unpaired) electrons. The number of piperidine rings is 1. The summed E-state index contributed by atoms with van der Waals surface area (Å²) in [5.41, 5.74) is 0.766. The summed E-state index contributed by atoms with van der Waals surface area (Å²) >= 11 is 5.89. The Labute approximate surface area is 167 Å². The van der Waals surface area contributed by atoms with Gasteiger partial charge in [0.1, 0.15) is 10.7 Å². The van der Waals surface area contributed by atoms with Crippen molar-refractivity contribution in [2.75, 3.05) is 13.1 Å². The van der Waals surface area contributed by atoms with Gasteiger partial charge in [0.25, 0.3) is 5.89 Å². The number of rotatable bonds is 4. The Morgan fingerprint density at radius 3 is 2.43 bits per heavy atom. The van der Waals surface area contributed by atoms with Crippen LogP contribution in [-0.2, 0) is 10.0 Å². The van der Waals surface area contributed by atoms with Crippen molar-refractivity contribution in [3.05, 3.63) is 65.2 Å². The zero-order valence-electron chi connectivity index (χ0n) is 14.8. The molecule has 1 aromatic heterocycles. The van der Waals surface area contributed by atoms with Crippen molar-refractivity contribution in [3.63, 3.8) is 0 Å². The lowest BCUT2D eigenvalue weighted by Crippen LogP contribution is -2.38. The lowest BCUT2D eigenvalue weighted by molar-refractivity contribution is 0.306. The fraction of sp³-hybridized carbons (Fsp3) is 0.263. The maximum Gasteiger partial charge on any atom is 0.257 e. The molecule has 9 heteroatoms. The Balaban J connectivity index is 1.46. The van der Waals surface area contributed by atoms with E-state index in [4.69, 9.17) is 16.1 Å². The largest absolute Gasteiger partial charge is 0.334 e. The first-order valence-electron chi connectivity index (χ1n) is 8.79. The van der Waals surface area contributed by atoms with Gasteiger partial charge >= 0.3 is 0 Å². The average molecular weight is 422 g/mol. The van der Waals surface area contributed by atoms with Crippen LogP contribution in [0.3, 0.4) is 0 Å². The van der Waals surface area contributed by atoms with E-state index >= 15 is 0 Å². The first kappa shape index (κ1) is 19.0. The third kappa shape index (κ3) is 3.67. The van der Waals surface area contributed by atoms with Crippen molar-refractivity contribution < 1.29 is 17.3 Å². The van der Waals surface area contributed by atoms with E-state index in [2.05, 4.69) is 10.1 Å². The molecule has 28 heavy (non-hydrogen) atoms. The lowest BCUT2D eigenvalue weighted by atomic mass is 9.97. The summed E-state index contributed by atoms with van der Waals surface area (Å²) in [5.74, 6) is 0.188. The van der Waals surface area contributed by atoms with E-state index in [9.17, 15) is 12.8 Å². The monoisotopic (exact) mass is 421 g/mol. The maximum atomic E-state index is 13.9. The molecule has 0 N–H and O–H groups in total. The highest BCUT2D eigenvalue weighted by Crippen LogP contribution is 2.31. The van der Waals surface area contributed by atoms with Gasteiger partial charge in [-0.15, -0.1) is 0 Å². The predicted molar refractivity (Wildman–Crippen MR) is 102 cm³/mol. The van der Waals surface area contributed by atoms with Crippen LogP contribution in [0.4, 0.5) is 4.39 Å². The van der Waals surface area contributed by atoms with Gasteiger partial charge in [0, 0.05) is 29.6 Å². The van der Waals surface area contributed by atoms with E-state index in [0.29, 0.717) is 29.6 Å². The van der Waals surface area contributed by atoms with Crippen LogP contribution in [-0.4, -0.2) is 36.0 Å². The minimum Gasteiger partial charge on any atom is -0.334 e. The van der Waals surface area contributed by atoms with Crippen LogP contribution in [0, 0.1) is 5.82 Å². The maximum absolute atomic E-state index is 13.9. The van der Waals surface area contributed by atoms with Gasteiger partial charge in [-0.2, -0.15) is 9.29 Å². The molecule has 0 amide bonds. The predicted octanol–water partition coefficient (Wildman–Crippen LogP) is 4.10. The van der Waals surface area contributed by atoms with Gasteiger partial charge in [-0.1, -0.05) is 28.9 Å². The first-order valence-corrected chi connectivity index (χ1v) is 10.6. The zero-order valence-corrected chi connectivity index (χ0v) is 16.3. The number of hydrogen-bond acceptors (Lipinski definition) is 5. The van der Waals surface area contributed by atoms with Crippen molar-refractivity contribution in [1.29, 1.82) is 0 Å². The zero-order chi connectivity index (χ0) is 19.7. The summed E-state index contributed by atoms with van der Waals surface area (Å²) < 4.78 is 46.0. The molecule has 6 nitrogen and oxygen atoms in total. The summed E-state index contributed by atoms with van der Waals surface area (Å²) in [5, 5.41) is 4.67. The molecule has 2 aromatic carbocycles. The first-order chi connectivity index (χ1) is 13.4. The highest BCUT2D eigenvalue weighted by Gasteiger charge is 2.33. The summed E-state index contributed by atoms with van der Waals surface area (Å²) in [4.78, 5) is 4.15. The van der Waals surface area contributed by atoms with Crippen molar-refractivity contribution in [1.82, 2.24) is 14.4 Å². The number of nitrogens with zero attached hydrogens (tertiary/aromatic N) is 3. The molecule has 0 aliphatic carbocycles. The minimum absolute atomic E-state index is 0.0168. The molecule has 0 spiro atoms. The van der Waals surface area contributed by atoms with Crippen LogP contribution >= 0.6 is 11.6 Å². The molecule has 1 aliphatic rings. The molecular formula is C19H17ClFN3O3S. The summed E-state index contributed by atoms with van der Waals surface area (Å²) in [6.07, 6.45) is 1.07. The molecule has 1 fully saturated rings. The molecule has 3 aromatic rings. The molecule has 2 heterocycles. The average Bonchev–Trinajstić information content (AvgIpc) is 3.19. The van der Waals surface area contributed by atoms with E-state index in [1.807, 2.05) is 0 Å². The van der Waals surface area contributed by atoms with Gasteiger partial charge < -0.3 is 4.52 Å². The molecule has 146 valence electrons. The Morgan fingerprint density at radius 2 is 1.75 bits per heavy atom. The van der Waals surface area contributed by atoms with Gasteiger partial charge in [-0.3, -0.25) is 0 Å². The topological polar surface area (TPSA) is 76.3 Å². The molecule has 0 saturated carbocycles. The summed E-state index contributed by atoms with van der Waals surface area (Å²) in [6.45, 7) is 0.540. The van der Waals surface area contributed by atoms with Crippen LogP contribution in [0.1, 0.15) is 24.6 Å². The van der Waals surface area contributed by atoms with Gasteiger partial charge in [-0.05, 0) is 49.2 Å². The second kappa shape index (κ2) is 7.62. The Morgan fingerprint density at radius 1 is 1.07 bits per heavy atom. The van der Waals surface area contributed by atoms with Crippen LogP contribution < -0.4 is 0 Å². The van der Waals surface area contributed by atoms with Crippen LogP contribution in [0.25, 0.3) is 11.5 Å². The molecule has 0 bridgehead atoms. The third-order valence-corrected chi connectivity index (χ3v) is 6.99. The smallest absolute Gasteiger partial charge is 0.257 e. The fourth-order valence-corrected chi connectivity index (χ4v) is 4.92. The minimum atomic E-state index is -3.86. The highest BCUT2D eigenvalue weighted by molar-refractivity contribution is 7.89. The van der Waals surface area contributed by atoms with Gasteiger partial charge in [0.05, 0.1) is 0 Å². The van der Waals surface area contributed by atoms with Gasteiger partial charge in [0.2, 0.25) is 10.0 Å². The fourth-order valence-electron chi connectivity index (χ4n) is 3.26. The van der Waals surface area contributed by atoms with E-state index in [-0.39, 0.29) is 23.9 Å². The Hall–Kier alpha value is -2.29. The Kier molecular flexibility index (Phi) is 5.18. The molecule has 1 saturated heterocycles. The molecule has 0 atom stereocenters. The third-order valence-electron chi connectivity index (χ3n) is 4.81. The van der Waals surface area contributed by atoms with Crippen molar-refractivity contribution in [2.24, 2.45) is 0 Å². The van der Waals surface area contributed by atoms with E-state index in [1.54, 1.807) is 24.3 Å². The second-order valence-corrected chi connectivity index (χ2v) is 8.92. The molecule has 0 unspecified atom stereocenters. The van der Waals surface area contributed by atoms with Crippen molar-refractivity contribution in [2.45, 2.75) is 23.7 Å². The Bertz CT molecular complexity index is 1080. The van der Waals surface area contributed by atoms with Crippen LogP contribution in [0.15, 0.2) is 57.9 Å². The molecule has 1 aliphatic heterocycles. The van der Waals surface area contributed by atoms with Gasteiger partial charge in [0.15, 0.2) is 5.82 Å². The quantitative estimate of drug-likeness (QED) is 0.634. The van der Waals surface area contributed by atoms with Crippen molar-refractivity contribution >= 4 is 21.6 Å². The number of benzene rings is 2. The number of hydrogen-bond donors (Lipinski definition) is 0. The number of aromatic nitrogens is 2. The summed E-state index contributed by atoms with van der Waals surface area (Å²) in [7, 11) is -3.86. The normalized spacial score (nSPS) is 16.4. The molecule has 4 rings (SSSR count). The number of halogens is 2. The van der Waals surface area contributed by atoms with E-state index < -0.39 is 15.8 Å². The number of sulfonamides is 1. The second-order valence-electron chi connectivity index (χ2n) is 6.57. The van der Waals surface area contributed by atoms with E-state index in [0.717, 1.165) is 11.6 Å². The highest BCUT2D eigenvalue weighted by atomic mass is 35.5. The summed E-state index contributed by atoms with van der Waals surface area (Å²) in [6, 6.07) is 12.5. The van der Waals surface area contributed by atoms with Gasteiger partial charge in [-0.25, -0.2) is 12.8 Å². The SMILES string of the molecule is O=S(=O)(c1ccccc1F)N1CCC(c2noc(-c3ccc(Cl)cc3)n2)CC1.